The second-order valence-electron chi connectivity index (χ2n) is 7.79. The predicted molar refractivity (Wildman–Crippen MR) is 103 cm³/mol. The molecule has 0 radical (unpaired) electrons. The molecular weight excluding hydrogens is 342 g/mol. The molecule has 2 heterocycles. The minimum Gasteiger partial charge on any atom is -0.356 e. The Morgan fingerprint density at radius 3 is 2.26 bits per heavy atom. The van der Waals surface area contributed by atoms with Gasteiger partial charge in [-0.2, -0.15) is 0 Å². The highest BCUT2D eigenvalue weighted by molar-refractivity contribution is 6.21. The standard InChI is InChI=1S/C21H29N3O3/c1-15(2)23-12-9-16(10-13-23)14-22-19(25)8-5-11-24-20(26)17-6-3-4-7-18(17)21(24)27/h3-4,6-7,15-16H,5,8-14H2,1-2H3,(H,22,25). The minimum absolute atomic E-state index is 0.00195. The Morgan fingerprint density at radius 2 is 1.70 bits per heavy atom. The van der Waals surface area contributed by atoms with Gasteiger partial charge in [0.25, 0.3) is 11.8 Å². The van der Waals surface area contributed by atoms with Crippen molar-refractivity contribution < 1.29 is 14.4 Å². The third-order valence-electron chi connectivity index (χ3n) is 5.63. The quantitative estimate of drug-likeness (QED) is 0.747. The van der Waals surface area contributed by atoms with Crippen molar-refractivity contribution >= 4 is 17.7 Å². The van der Waals surface area contributed by atoms with E-state index < -0.39 is 0 Å². The Kier molecular flexibility index (Phi) is 6.26. The number of rotatable bonds is 7. The summed E-state index contributed by atoms with van der Waals surface area (Å²) in [5.41, 5.74) is 0.916. The van der Waals surface area contributed by atoms with Crippen molar-refractivity contribution in [2.45, 2.75) is 45.6 Å². The van der Waals surface area contributed by atoms with Gasteiger partial charge in [0.15, 0.2) is 0 Å². The number of amides is 3. The van der Waals surface area contributed by atoms with Crippen molar-refractivity contribution in [2.75, 3.05) is 26.2 Å². The molecule has 1 fully saturated rings. The van der Waals surface area contributed by atoms with Gasteiger partial charge in [0.05, 0.1) is 11.1 Å². The van der Waals surface area contributed by atoms with E-state index in [1.807, 2.05) is 0 Å². The van der Waals surface area contributed by atoms with E-state index in [2.05, 4.69) is 24.1 Å². The van der Waals surface area contributed by atoms with E-state index in [1.165, 1.54) is 4.90 Å². The molecule has 6 nitrogen and oxygen atoms in total. The monoisotopic (exact) mass is 371 g/mol. The summed E-state index contributed by atoms with van der Waals surface area (Å²) in [6.07, 6.45) is 3.06. The van der Waals surface area contributed by atoms with Gasteiger partial charge in [-0.1, -0.05) is 12.1 Å². The summed E-state index contributed by atoms with van der Waals surface area (Å²) in [5, 5.41) is 3.02. The number of hydrogen-bond donors (Lipinski definition) is 1. The number of benzene rings is 1. The van der Waals surface area contributed by atoms with Crippen LogP contribution in [0.5, 0.6) is 0 Å². The fourth-order valence-corrected chi connectivity index (χ4v) is 3.86. The lowest BCUT2D eigenvalue weighted by atomic mass is 9.96. The van der Waals surface area contributed by atoms with Crippen LogP contribution in [0.4, 0.5) is 0 Å². The third-order valence-corrected chi connectivity index (χ3v) is 5.63. The predicted octanol–water partition coefficient (Wildman–Crippen LogP) is 2.30. The van der Waals surface area contributed by atoms with Crippen molar-refractivity contribution in [3.05, 3.63) is 35.4 Å². The second-order valence-corrected chi connectivity index (χ2v) is 7.79. The first-order chi connectivity index (χ1) is 13.0. The van der Waals surface area contributed by atoms with Crippen LogP contribution in [0.15, 0.2) is 24.3 Å². The van der Waals surface area contributed by atoms with Crippen LogP contribution in [0, 0.1) is 5.92 Å². The molecule has 146 valence electrons. The maximum Gasteiger partial charge on any atom is 0.261 e. The van der Waals surface area contributed by atoms with Crippen molar-refractivity contribution in [1.82, 2.24) is 15.1 Å². The molecule has 0 atom stereocenters. The van der Waals surface area contributed by atoms with Crippen LogP contribution < -0.4 is 5.32 Å². The van der Waals surface area contributed by atoms with Crippen molar-refractivity contribution in [2.24, 2.45) is 5.92 Å². The van der Waals surface area contributed by atoms with Gasteiger partial charge in [-0.15, -0.1) is 0 Å². The maximum absolute atomic E-state index is 12.3. The van der Waals surface area contributed by atoms with E-state index in [1.54, 1.807) is 24.3 Å². The summed E-state index contributed by atoms with van der Waals surface area (Å²) in [4.78, 5) is 40.4. The number of piperidine rings is 1. The van der Waals surface area contributed by atoms with Crippen LogP contribution in [0.1, 0.15) is 60.2 Å². The molecule has 1 aromatic rings. The normalized spacial score (nSPS) is 18.3. The average molecular weight is 371 g/mol. The zero-order valence-corrected chi connectivity index (χ0v) is 16.2. The van der Waals surface area contributed by atoms with Gasteiger partial charge >= 0.3 is 0 Å². The van der Waals surface area contributed by atoms with Gasteiger partial charge in [-0.05, 0) is 64.3 Å². The van der Waals surface area contributed by atoms with E-state index in [4.69, 9.17) is 0 Å². The number of carbonyl (C=O) groups is 3. The van der Waals surface area contributed by atoms with E-state index in [-0.39, 0.29) is 24.3 Å². The lowest BCUT2D eigenvalue weighted by Gasteiger charge is -2.34. The van der Waals surface area contributed by atoms with E-state index in [0.717, 1.165) is 32.5 Å². The van der Waals surface area contributed by atoms with Crippen LogP contribution in [0.3, 0.4) is 0 Å². The van der Waals surface area contributed by atoms with Gasteiger partial charge in [0, 0.05) is 25.6 Å². The minimum atomic E-state index is -0.257. The SMILES string of the molecule is CC(C)N1CCC(CNC(=O)CCCN2C(=O)c3ccccc3C2=O)CC1. The molecule has 1 saturated heterocycles. The summed E-state index contributed by atoms with van der Waals surface area (Å²) in [6, 6.07) is 7.45. The molecular formula is C21H29N3O3. The van der Waals surface area contributed by atoms with Crippen LogP contribution in [-0.2, 0) is 4.79 Å². The number of hydrogen-bond acceptors (Lipinski definition) is 4. The number of carbonyl (C=O) groups excluding carboxylic acids is 3. The highest BCUT2D eigenvalue weighted by Gasteiger charge is 2.34. The fourth-order valence-electron chi connectivity index (χ4n) is 3.86. The number of likely N-dealkylation sites (tertiary alicyclic amines) is 1. The molecule has 2 aliphatic rings. The lowest BCUT2D eigenvalue weighted by Crippen LogP contribution is -2.41. The molecule has 0 saturated carbocycles. The van der Waals surface area contributed by atoms with Crippen molar-refractivity contribution in [1.29, 1.82) is 0 Å². The van der Waals surface area contributed by atoms with Gasteiger partial charge < -0.3 is 10.2 Å². The molecule has 0 bridgehead atoms. The molecule has 6 heteroatoms. The third kappa shape index (κ3) is 4.56. The number of imide groups is 1. The molecule has 27 heavy (non-hydrogen) atoms. The van der Waals surface area contributed by atoms with Crippen molar-refractivity contribution in [3.8, 4) is 0 Å². The highest BCUT2D eigenvalue weighted by atomic mass is 16.2. The summed E-state index contributed by atoms with van der Waals surface area (Å²) in [7, 11) is 0. The van der Waals surface area contributed by atoms with Gasteiger partial charge in [-0.25, -0.2) is 0 Å². The van der Waals surface area contributed by atoms with Crippen LogP contribution >= 0.6 is 0 Å². The Morgan fingerprint density at radius 1 is 1.11 bits per heavy atom. The fraction of sp³-hybridized carbons (Fsp3) is 0.571. The average Bonchev–Trinajstić information content (AvgIpc) is 2.92. The Bertz CT molecular complexity index is 673. The van der Waals surface area contributed by atoms with Crippen LogP contribution in [-0.4, -0.2) is 59.7 Å². The first kappa shape index (κ1) is 19.5. The molecule has 3 rings (SSSR count). The molecule has 0 spiro atoms. The molecule has 0 aromatic heterocycles. The lowest BCUT2D eigenvalue weighted by molar-refractivity contribution is -0.121. The molecule has 1 aromatic carbocycles. The first-order valence-electron chi connectivity index (χ1n) is 9.93. The van der Waals surface area contributed by atoms with Crippen LogP contribution in [0.2, 0.25) is 0 Å². The van der Waals surface area contributed by atoms with Crippen LogP contribution in [0.25, 0.3) is 0 Å². The van der Waals surface area contributed by atoms with Gasteiger partial charge in [0.1, 0.15) is 0 Å². The van der Waals surface area contributed by atoms with Gasteiger partial charge in [0.2, 0.25) is 5.91 Å². The van der Waals surface area contributed by atoms with Crippen molar-refractivity contribution in [3.63, 3.8) is 0 Å². The summed E-state index contributed by atoms with van der Waals surface area (Å²) >= 11 is 0. The van der Waals surface area contributed by atoms with E-state index in [9.17, 15) is 14.4 Å². The molecule has 0 aliphatic carbocycles. The largest absolute Gasteiger partial charge is 0.356 e. The molecule has 0 unspecified atom stereocenters. The topological polar surface area (TPSA) is 69.7 Å². The number of fused-ring (bicyclic) bond motifs is 1. The zero-order valence-electron chi connectivity index (χ0n) is 16.2. The molecule has 2 aliphatic heterocycles. The zero-order chi connectivity index (χ0) is 19.4. The number of nitrogens with one attached hydrogen (secondary N) is 1. The summed E-state index contributed by atoms with van der Waals surface area (Å²) in [5.74, 6) is 0.0268. The Hall–Kier alpha value is -2.21. The van der Waals surface area contributed by atoms with E-state index in [0.29, 0.717) is 35.9 Å². The summed E-state index contributed by atoms with van der Waals surface area (Å²) in [6.45, 7) is 7.63. The maximum atomic E-state index is 12.3. The summed E-state index contributed by atoms with van der Waals surface area (Å²) < 4.78 is 0. The smallest absolute Gasteiger partial charge is 0.261 e. The van der Waals surface area contributed by atoms with Gasteiger partial charge in [-0.3, -0.25) is 19.3 Å². The Balaban J connectivity index is 1.36. The highest BCUT2D eigenvalue weighted by Crippen LogP contribution is 2.22. The number of nitrogens with zero attached hydrogens (tertiary/aromatic N) is 2. The first-order valence-corrected chi connectivity index (χ1v) is 9.93. The van der Waals surface area contributed by atoms with E-state index >= 15 is 0 Å². The molecule has 3 amide bonds. The second kappa shape index (κ2) is 8.65. The molecule has 1 N–H and O–H groups in total. The Labute approximate surface area is 160 Å².